The maximum absolute atomic E-state index is 12.8. The highest BCUT2D eigenvalue weighted by atomic mass is 16.5. The van der Waals surface area contributed by atoms with Gasteiger partial charge < -0.3 is 19.1 Å². The van der Waals surface area contributed by atoms with Crippen molar-refractivity contribution in [3.05, 3.63) is 51.8 Å². The quantitative estimate of drug-likeness (QED) is 0.701. The number of nitrogens with one attached hydrogen (secondary N) is 1. The Morgan fingerprint density at radius 3 is 2.54 bits per heavy atom. The van der Waals surface area contributed by atoms with E-state index in [1.54, 1.807) is 30.1 Å². The monoisotopic (exact) mass is 380 g/mol. The predicted octanol–water partition coefficient (Wildman–Crippen LogP) is 2.46. The van der Waals surface area contributed by atoms with E-state index in [4.69, 9.17) is 19.5 Å². The molecule has 0 saturated heterocycles. The Hall–Kier alpha value is -3.73. The molecule has 3 aromatic rings. The number of fused-ring (bicyclic) bond motifs is 1. The molecule has 0 aliphatic carbocycles. The molecule has 0 bridgehead atoms. The minimum Gasteiger partial charge on any atom is -0.493 e. The van der Waals surface area contributed by atoms with Crippen LogP contribution in [0.2, 0.25) is 0 Å². The number of methoxy groups -OCH3 is 3. The van der Waals surface area contributed by atoms with Gasteiger partial charge in [-0.25, -0.2) is 4.98 Å². The van der Waals surface area contributed by atoms with Crippen LogP contribution >= 0.6 is 0 Å². The number of nitriles is 1. The van der Waals surface area contributed by atoms with Gasteiger partial charge in [-0.05, 0) is 17.7 Å². The Bertz CT molecular complexity index is 1120. The van der Waals surface area contributed by atoms with Crippen LogP contribution in [0.3, 0.4) is 0 Å². The Kier molecular flexibility index (Phi) is 5.36. The molecule has 0 spiro atoms. The Morgan fingerprint density at radius 1 is 1.14 bits per heavy atom. The first-order valence-electron chi connectivity index (χ1n) is 8.45. The van der Waals surface area contributed by atoms with E-state index in [1.807, 2.05) is 12.1 Å². The lowest BCUT2D eigenvalue weighted by molar-refractivity contribution is 0.327. The molecule has 0 fully saturated rings. The van der Waals surface area contributed by atoms with E-state index in [-0.39, 0.29) is 16.7 Å². The first-order chi connectivity index (χ1) is 13.5. The van der Waals surface area contributed by atoms with Crippen LogP contribution in [0.4, 0.5) is 5.95 Å². The van der Waals surface area contributed by atoms with Crippen molar-refractivity contribution in [3.8, 4) is 23.3 Å². The van der Waals surface area contributed by atoms with Crippen molar-refractivity contribution in [3.63, 3.8) is 0 Å². The maximum Gasteiger partial charge on any atom is 0.264 e. The molecule has 0 saturated carbocycles. The van der Waals surface area contributed by atoms with Crippen molar-refractivity contribution in [2.75, 3.05) is 33.3 Å². The number of H-pyrrole nitrogens is 1. The molecule has 8 nitrogen and oxygen atoms in total. The van der Waals surface area contributed by atoms with Crippen LogP contribution in [-0.4, -0.2) is 38.3 Å². The van der Waals surface area contributed by atoms with E-state index < -0.39 is 0 Å². The number of ether oxygens (including phenoxy) is 3. The third-order valence-electron chi connectivity index (χ3n) is 4.33. The van der Waals surface area contributed by atoms with Gasteiger partial charge in [-0.1, -0.05) is 12.1 Å². The number of hydrogen-bond donors (Lipinski definition) is 1. The van der Waals surface area contributed by atoms with E-state index in [1.165, 1.54) is 21.3 Å². The average molecular weight is 380 g/mol. The lowest BCUT2D eigenvalue weighted by Crippen LogP contribution is -2.23. The second-order valence-corrected chi connectivity index (χ2v) is 6.10. The summed E-state index contributed by atoms with van der Waals surface area (Å²) in [6.07, 6.45) is 0. The number of nitrogens with zero attached hydrogens (tertiary/aromatic N) is 3. The molecule has 1 aromatic heterocycles. The highest BCUT2D eigenvalue weighted by molar-refractivity contribution is 5.90. The van der Waals surface area contributed by atoms with E-state index in [0.717, 1.165) is 5.56 Å². The molecular formula is C20H20N4O4. The van der Waals surface area contributed by atoms with Crippen LogP contribution in [0.15, 0.2) is 35.1 Å². The van der Waals surface area contributed by atoms with E-state index in [9.17, 15) is 4.79 Å². The van der Waals surface area contributed by atoms with Gasteiger partial charge in [0.25, 0.3) is 5.56 Å². The Morgan fingerprint density at radius 2 is 1.89 bits per heavy atom. The van der Waals surface area contributed by atoms with E-state index in [0.29, 0.717) is 35.1 Å². The van der Waals surface area contributed by atoms with Gasteiger partial charge in [-0.2, -0.15) is 5.26 Å². The summed E-state index contributed by atoms with van der Waals surface area (Å²) in [5.74, 6) is 1.40. The van der Waals surface area contributed by atoms with Crippen molar-refractivity contribution >= 4 is 16.9 Å². The molecule has 0 atom stereocenters. The molecule has 1 N–H and O–H groups in total. The van der Waals surface area contributed by atoms with Crippen molar-refractivity contribution < 1.29 is 14.2 Å². The highest BCUT2D eigenvalue weighted by Crippen LogP contribution is 2.41. The molecule has 0 aliphatic rings. The van der Waals surface area contributed by atoms with Crippen LogP contribution in [0.1, 0.15) is 11.1 Å². The summed E-state index contributed by atoms with van der Waals surface area (Å²) in [4.78, 5) is 21.9. The zero-order chi connectivity index (χ0) is 20.3. The molecule has 3 rings (SSSR count). The van der Waals surface area contributed by atoms with Crippen LogP contribution in [0.5, 0.6) is 17.2 Å². The lowest BCUT2D eigenvalue weighted by Gasteiger charge is -2.19. The van der Waals surface area contributed by atoms with Crippen molar-refractivity contribution in [2.45, 2.75) is 6.54 Å². The zero-order valence-corrected chi connectivity index (χ0v) is 16.1. The van der Waals surface area contributed by atoms with Gasteiger partial charge in [0.1, 0.15) is 5.39 Å². The number of hydrogen-bond acceptors (Lipinski definition) is 7. The maximum atomic E-state index is 12.8. The van der Waals surface area contributed by atoms with Gasteiger partial charge in [0.05, 0.1) is 38.5 Å². The summed E-state index contributed by atoms with van der Waals surface area (Å²) >= 11 is 0. The summed E-state index contributed by atoms with van der Waals surface area (Å²) < 4.78 is 16.1. The summed E-state index contributed by atoms with van der Waals surface area (Å²) in [5.41, 5.74) is 1.57. The fraction of sp³-hybridized carbons (Fsp3) is 0.250. The normalized spacial score (nSPS) is 10.4. The van der Waals surface area contributed by atoms with Crippen LogP contribution < -0.4 is 24.7 Å². The molecule has 0 aliphatic heterocycles. The van der Waals surface area contributed by atoms with Crippen molar-refractivity contribution in [2.24, 2.45) is 0 Å². The average Bonchev–Trinajstić information content (AvgIpc) is 2.71. The number of aromatic nitrogens is 2. The van der Waals surface area contributed by atoms with Crippen LogP contribution in [0.25, 0.3) is 10.9 Å². The fourth-order valence-electron chi connectivity index (χ4n) is 3.03. The third kappa shape index (κ3) is 3.42. The highest BCUT2D eigenvalue weighted by Gasteiger charge is 2.20. The Labute approximate surface area is 161 Å². The first kappa shape index (κ1) is 19.0. The van der Waals surface area contributed by atoms with Gasteiger partial charge in [-0.15, -0.1) is 0 Å². The number of aromatic amines is 1. The summed E-state index contributed by atoms with van der Waals surface area (Å²) in [6.45, 7) is 0.467. The number of anilines is 1. The SMILES string of the molecule is COc1cc2nc(N(C)Cc3cccc(C#N)c3)[nH]c(=O)c2c(OC)c1OC. The first-order valence-corrected chi connectivity index (χ1v) is 8.45. The van der Waals surface area contributed by atoms with Gasteiger partial charge in [0, 0.05) is 19.7 Å². The van der Waals surface area contributed by atoms with E-state index in [2.05, 4.69) is 16.0 Å². The van der Waals surface area contributed by atoms with Gasteiger partial charge in [0.15, 0.2) is 11.5 Å². The smallest absolute Gasteiger partial charge is 0.264 e. The predicted molar refractivity (Wildman–Crippen MR) is 105 cm³/mol. The second kappa shape index (κ2) is 7.88. The molecule has 8 heteroatoms. The molecule has 1 heterocycles. The van der Waals surface area contributed by atoms with Crippen molar-refractivity contribution in [1.82, 2.24) is 9.97 Å². The third-order valence-corrected chi connectivity index (χ3v) is 4.33. The number of rotatable bonds is 6. The summed E-state index contributed by atoms with van der Waals surface area (Å²) in [6, 6.07) is 11.0. The molecule has 2 aromatic carbocycles. The molecule has 28 heavy (non-hydrogen) atoms. The lowest BCUT2D eigenvalue weighted by atomic mass is 10.1. The van der Waals surface area contributed by atoms with Crippen LogP contribution in [0, 0.1) is 11.3 Å². The minimum absolute atomic E-state index is 0.265. The van der Waals surface area contributed by atoms with Gasteiger partial charge >= 0.3 is 0 Å². The zero-order valence-electron chi connectivity index (χ0n) is 16.1. The summed E-state index contributed by atoms with van der Waals surface area (Å²) in [7, 11) is 6.25. The Balaban J connectivity index is 2.08. The largest absolute Gasteiger partial charge is 0.493 e. The minimum atomic E-state index is -0.351. The van der Waals surface area contributed by atoms with E-state index >= 15 is 0 Å². The standard InChI is InChI=1S/C20H20N4O4/c1-24(11-13-7-5-6-12(8-13)10-21)20-22-14-9-15(26-2)17(27-3)18(28-4)16(14)19(25)23-20/h5-9H,11H2,1-4H3,(H,22,23,25). The van der Waals surface area contributed by atoms with Gasteiger partial charge in [0.2, 0.25) is 11.7 Å². The van der Waals surface area contributed by atoms with Gasteiger partial charge in [-0.3, -0.25) is 9.78 Å². The number of benzene rings is 2. The van der Waals surface area contributed by atoms with Crippen molar-refractivity contribution in [1.29, 1.82) is 5.26 Å². The molecule has 0 unspecified atom stereocenters. The fourth-order valence-corrected chi connectivity index (χ4v) is 3.03. The molecule has 0 amide bonds. The topological polar surface area (TPSA) is 100 Å². The van der Waals surface area contributed by atoms with Crippen LogP contribution in [-0.2, 0) is 6.54 Å². The molecule has 144 valence electrons. The summed E-state index contributed by atoms with van der Waals surface area (Å²) in [5, 5.41) is 9.33. The molecule has 0 radical (unpaired) electrons. The second-order valence-electron chi connectivity index (χ2n) is 6.10. The molecular weight excluding hydrogens is 360 g/mol.